The molecule has 1 unspecified atom stereocenters. The number of pyridine rings is 1. The van der Waals surface area contributed by atoms with Gasteiger partial charge in [0.1, 0.15) is 5.82 Å². The largest absolute Gasteiger partial charge is 0.416 e. The summed E-state index contributed by atoms with van der Waals surface area (Å²) >= 11 is 0. The number of nitrogens with one attached hydrogen (secondary N) is 2. The number of anilines is 1. The number of amides is 1. The molecule has 0 radical (unpaired) electrons. The van der Waals surface area contributed by atoms with Crippen molar-refractivity contribution in [2.75, 3.05) is 31.5 Å². The molecule has 2 N–H and O–H groups in total. The summed E-state index contributed by atoms with van der Waals surface area (Å²) in [6.07, 6.45) is -6.45. The molecule has 1 aromatic carbocycles. The second kappa shape index (κ2) is 13.7. The van der Waals surface area contributed by atoms with Gasteiger partial charge in [0.25, 0.3) is 0 Å². The molecule has 0 spiro atoms. The molecule has 4 rings (SSSR count). The second-order valence-electron chi connectivity index (χ2n) is 10.8. The van der Waals surface area contributed by atoms with E-state index in [0.29, 0.717) is 38.1 Å². The van der Waals surface area contributed by atoms with Gasteiger partial charge in [-0.05, 0) is 87.0 Å². The van der Waals surface area contributed by atoms with Crippen LogP contribution in [0.15, 0.2) is 30.3 Å². The van der Waals surface area contributed by atoms with E-state index < -0.39 is 59.3 Å². The fraction of sp³-hybridized carbons (Fsp3) is 0.517. The third-order valence-corrected chi connectivity index (χ3v) is 7.61. The molecule has 8 nitrogen and oxygen atoms in total. The number of fused-ring (bicyclic) bond motifs is 1. The number of carbonyl (C=O) groups is 3. The normalized spacial score (nSPS) is 18.2. The van der Waals surface area contributed by atoms with E-state index >= 15 is 0 Å². The van der Waals surface area contributed by atoms with E-state index in [4.69, 9.17) is 0 Å². The first-order valence-corrected chi connectivity index (χ1v) is 14.0. The number of aromatic nitrogens is 1. The van der Waals surface area contributed by atoms with Crippen LogP contribution in [0.5, 0.6) is 0 Å². The number of piperidine rings is 1. The molecule has 2 atom stereocenters. The van der Waals surface area contributed by atoms with Crippen molar-refractivity contribution in [1.29, 1.82) is 0 Å². The van der Waals surface area contributed by atoms with E-state index in [0.717, 1.165) is 50.3 Å². The van der Waals surface area contributed by atoms with E-state index in [9.17, 15) is 40.7 Å². The van der Waals surface area contributed by atoms with Crippen LogP contribution in [0, 0.1) is 5.92 Å². The fourth-order valence-electron chi connectivity index (χ4n) is 5.45. The maximum absolute atomic E-state index is 13.5. The summed E-state index contributed by atoms with van der Waals surface area (Å²) in [5.41, 5.74) is -1.62. The second-order valence-corrected chi connectivity index (χ2v) is 10.8. The van der Waals surface area contributed by atoms with Crippen molar-refractivity contribution in [3.05, 3.63) is 58.3 Å². The first-order valence-electron chi connectivity index (χ1n) is 14.0. The molecule has 234 valence electrons. The number of rotatable bonds is 10. The van der Waals surface area contributed by atoms with Gasteiger partial charge in [-0.3, -0.25) is 14.4 Å². The third-order valence-electron chi connectivity index (χ3n) is 7.61. The molecule has 2 aliphatic rings. The zero-order valence-electron chi connectivity index (χ0n) is 23.2. The summed E-state index contributed by atoms with van der Waals surface area (Å²) in [4.78, 5) is 42.7. The number of likely N-dealkylation sites (tertiary alicyclic amines) is 1. The Balaban J connectivity index is 1.43. The monoisotopic (exact) mass is 614 g/mol. The number of hydrogen-bond donors (Lipinski definition) is 2. The zero-order valence-corrected chi connectivity index (χ0v) is 23.2. The van der Waals surface area contributed by atoms with Crippen LogP contribution in [-0.4, -0.2) is 54.4 Å². The number of carbonyl (C=O) groups excluding carboxylic acids is 3. The predicted octanol–water partition coefficient (Wildman–Crippen LogP) is 5.07. The summed E-state index contributed by atoms with van der Waals surface area (Å²) in [5.74, 6) is -1.55. The van der Waals surface area contributed by atoms with Crippen molar-refractivity contribution in [2.24, 2.45) is 5.92 Å². The first-order chi connectivity index (χ1) is 20.3. The van der Waals surface area contributed by atoms with E-state index in [1.165, 1.54) is 5.56 Å². The summed E-state index contributed by atoms with van der Waals surface area (Å²) < 4.78 is 85.0. The lowest BCUT2D eigenvalue weighted by Crippen LogP contribution is -2.44. The molecular formula is C29H32F6N4O4. The molecule has 43 heavy (non-hydrogen) atoms. The smallest absolute Gasteiger partial charge is 0.395 e. The molecule has 2 aliphatic heterocycles. The molecule has 1 saturated heterocycles. The lowest BCUT2D eigenvalue weighted by molar-refractivity contribution is -0.152. The lowest BCUT2D eigenvalue weighted by Gasteiger charge is -2.33. The SMILES string of the molecule is O=COC(=O)CC(NC(=O)[C@@H]1CCCN(CCCc2ccc3c(n2)NCCC3)C1)c1cc(C(F)(F)F)cc(C(F)(F)F)c1. The number of benzene rings is 1. The van der Waals surface area contributed by atoms with E-state index in [2.05, 4.69) is 31.3 Å². The quantitative estimate of drug-likeness (QED) is 0.167. The van der Waals surface area contributed by atoms with Crippen LogP contribution in [0.3, 0.4) is 0 Å². The Bertz CT molecular complexity index is 1280. The summed E-state index contributed by atoms with van der Waals surface area (Å²) in [6.45, 7) is 2.39. The van der Waals surface area contributed by atoms with Gasteiger partial charge in [-0.2, -0.15) is 26.3 Å². The van der Waals surface area contributed by atoms with Crippen molar-refractivity contribution in [2.45, 2.75) is 63.3 Å². The number of hydrogen-bond acceptors (Lipinski definition) is 7. The van der Waals surface area contributed by atoms with E-state index in [1.807, 2.05) is 6.07 Å². The van der Waals surface area contributed by atoms with Crippen LogP contribution in [0.25, 0.3) is 0 Å². The molecule has 1 aromatic heterocycles. The molecule has 14 heteroatoms. The molecular weight excluding hydrogens is 582 g/mol. The van der Waals surface area contributed by atoms with Crippen molar-refractivity contribution < 1.29 is 45.5 Å². The summed E-state index contributed by atoms with van der Waals surface area (Å²) in [5, 5.41) is 5.75. The van der Waals surface area contributed by atoms with Crippen LogP contribution in [0.1, 0.15) is 66.1 Å². The Morgan fingerprint density at radius 3 is 2.49 bits per heavy atom. The lowest BCUT2D eigenvalue weighted by atomic mass is 9.94. The topological polar surface area (TPSA) is 101 Å². The summed E-state index contributed by atoms with van der Waals surface area (Å²) in [7, 11) is 0. The number of alkyl halides is 6. The van der Waals surface area contributed by atoms with Crippen LogP contribution in [0.2, 0.25) is 0 Å². The number of nitrogens with zero attached hydrogens (tertiary/aromatic N) is 2. The Labute approximate surface area is 244 Å². The van der Waals surface area contributed by atoms with Crippen LogP contribution in [0.4, 0.5) is 32.2 Å². The molecule has 1 amide bonds. The van der Waals surface area contributed by atoms with Gasteiger partial charge in [-0.25, -0.2) is 4.98 Å². The Morgan fingerprint density at radius 2 is 1.81 bits per heavy atom. The highest BCUT2D eigenvalue weighted by molar-refractivity contribution is 5.81. The molecule has 2 aromatic rings. The minimum atomic E-state index is -5.12. The van der Waals surface area contributed by atoms with Crippen molar-refractivity contribution >= 4 is 24.2 Å². The molecule has 3 heterocycles. The van der Waals surface area contributed by atoms with Gasteiger partial charge in [-0.15, -0.1) is 0 Å². The van der Waals surface area contributed by atoms with Gasteiger partial charge in [0.05, 0.1) is 29.5 Å². The fourth-order valence-corrected chi connectivity index (χ4v) is 5.45. The van der Waals surface area contributed by atoms with Gasteiger partial charge in [0.15, 0.2) is 0 Å². The average molecular weight is 615 g/mol. The Kier molecular flexibility index (Phi) is 10.3. The number of esters is 1. The summed E-state index contributed by atoms with van der Waals surface area (Å²) in [6, 6.07) is 3.35. The molecule has 0 saturated carbocycles. The first kappa shape index (κ1) is 32.2. The maximum atomic E-state index is 13.5. The van der Waals surface area contributed by atoms with Gasteiger partial charge >= 0.3 is 24.8 Å². The molecule has 0 aliphatic carbocycles. The van der Waals surface area contributed by atoms with Gasteiger partial charge in [0, 0.05) is 18.8 Å². The minimum Gasteiger partial charge on any atom is -0.395 e. The maximum Gasteiger partial charge on any atom is 0.416 e. The Morgan fingerprint density at radius 1 is 1.09 bits per heavy atom. The van der Waals surface area contributed by atoms with Gasteiger partial charge in [0.2, 0.25) is 5.91 Å². The van der Waals surface area contributed by atoms with Crippen molar-refractivity contribution in [3.8, 4) is 0 Å². The van der Waals surface area contributed by atoms with E-state index in [-0.39, 0.29) is 12.5 Å². The highest BCUT2D eigenvalue weighted by Gasteiger charge is 2.38. The minimum absolute atomic E-state index is 0.0403. The van der Waals surface area contributed by atoms with Crippen LogP contribution in [-0.2, 0) is 44.3 Å². The van der Waals surface area contributed by atoms with Crippen molar-refractivity contribution in [1.82, 2.24) is 15.2 Å². The Hall–Kier alpha value is -3.68. The van der Waals surface area contributed by atoms with E-state index in [1.54, 1.807) is 0 Å². The highest BCUT2D eigenvalue weighted by Crippen LogP contribution is 2.38. The molecule has 1 fully saturated rings. The zero-order chi connectivity index (χ0) is 31.2. The number of halogens is 6. The standard InChI is InChI=1S/C29H32F6N4O4/c30-28(31,32)21-12-20(13-22(14-21)29(33,34)35)24(15-25(41)43-17-40)38-27(42)19-5-2-10-39(16-19)11-3-6-23-8-7-18-4-1-9-36-26(18)37-23/h7-8,12-14,17,19,24H,1-6,9-11,15-16H2,(H,36,37)(H,38,42)/t19-,24?/m1/s1. The van der Waals surface area contributed by atoms with Crippen LogP contribution >= 0.6 is 0 Å². The molecule has 0 bridgehead atoms. The highest BCUT2D eigenvalue weighted by atomic mass is 19.4. The van der Waals surface area contributed by atoms with Crippen molar-refractivity contribution in [3.63, 3.8) is 0 Å². The van der Waals surface area contributed by atoms with Crippen LogP contribution < -0.4 is 10.6 Å². The third kappa shape index (κ3) is 8.91. The van der Waals surface area contributed by atoms with Gasteiger partial charge in [-0.1, -0.05) is 6.07 Å². The number of aryl methyl sites for hydroxylation is 2. The van der Waals surface area contributed by atoms with Gasteiger partial charge < -0.3 is 20.3 Å². The number of ether oxygens (including phenoxy) is 1. The average Bonchev–Trinajstić information content (AvgIpc) is 2.96. The predicted molar refractivity (Wildman–Crippen MR) is 143 cm³/mol.